The molecule has 0 bridgehead atoms. The lowest BCUT2D eigenvalue weighted by Gasteiger charge is -2.16. The Kier molecular flexibility index (Phi) is 8.24. The summed E-state index contributed by atoms with van der Waals surface area (Å²) in [6, 6.07) is 8.18. The lowest BCUT2D eigenvalue weighted by atomic mass is 10.2. The number of hydrogen-bond donors (Lipinski definition) is 2. The van der Waals surface area contributed by atoms with E-state index >= 15 is 0 Å². The summed E-state index contributed by atoms with van der Waals surface area (Å²) in [5, 5.41) is 4.24. The van der Waals surface area contributed by atoms with Crippen molar-refractivity contribution in [1.29, 1.82) is 0 Å². The number of nitrogens with zero attached hydrogens (tertiary/aromatic N) is 3. The average Bonchev–Trinajstić information content (AvgIpc) is 3.34. The minimum atomic E-state index is -3.82. The van der Waals surface area contributed by atoms with E-state index in [1.807, 2.05) is 49.2 Å². The number of carbonyl (C=O) groups is 1. The van der Waals surface area contributed by atoms with Gasteiger partial charge in [0, 0.05) is 24.8 Å². The Bertz CT molecular complexity index is 1190. The highest BCUT2D eigenvalue weighted by Gasteiger charge is 2.24. The summed E-state index contributed by atoms with van der Waals surface area (Å²) in [6.45, 7) is 1.85. The van der Waals surface area contributed by atoms with Crippen molar-refractivity contribution >= 4 is 50.2 Å². The first kappa shape index (κ1) is 24.2. The number of sulfonamides is 1. The first-order valence-electron chi connectivity index (χ1n) is 9.79. The molecule has 1 unspecified atom stereocenters. The van der Waals surface area contributed by atoms with E-state index in [2.05, 4.69) is 20.0 Å². The van der Waals surface area contributed by atoms with Crippen LogP contribution in [0.25, 0.3) is 16.8 Å². The van der Waals surface area contributed by atoms with E-state index in [-0.39, 0.29) is 0 Å². The smallest absolute Gasteiger partial charge is 0.244 e. The molecule has 32 heavy (non-hydrogen) atoms. The van der Waals surface area contributed by atoms with Crippen LogP contribution in [0.5, 0.6) is 0 Å². The summed E-state index contributed by atoms with van der Waals surface area (Å²) in [6.07, 6.45) is 7.28. The van der Waals surface area contributed by atoms with Crippen molar-refractivity contribution in [2.75, 3.05) is 17.3 Å². The maximum atomic E-state index is 12.9. The van der Waals surface area contributed by atoms with Crippen LogP contribution >= 0.6 is 23.1 Å². The number of amides is 1. The SMILES string of the molecule is CSCCC(NS(=O)(=O)/C=C/c1ccccc1)C(=O)Nc1nc(C)c(-c2nccn2C)s1. The molecule has 1 amide bonds. The minimum absolute atomic E-state index is 0.349. The van der Waals surface area contributed by atoms with Crippen molar-refractivity contribution in [3.8, 4) is 10.7 Å². The number of hydrogen-bond acceptors (Lipinski definition) is 7. The van der Waals surface area contributed by atoms with Gasteiger partial charge in [-0.25, -0.2) is 18.4 Å². The fraction of sp³-hybridized carbons (Fsp3) is 0.286. The highest BCUT2D eigenvalue weighted by Crippen LogP contribution is 2.31. The van der Waals surface area contributed by atoms with Crippen LogP contribution < -0.4 is 10.0 Å². The minimum Gasteiger partial charge on any atom is -0.333 e. The third-order valence-electron chi connectivity index (χ3n) is 4.52. The number of rotatable bonds is 10. The summed E-state index contributed by atoms with van der Waals surface area (Å²) >= 11 is 2.84. The lowest BCUT2D eigenvalue weighted by molar-refractivity contribution is -0.117. The van der Waals surface area contributed by atoms with Gasteiger partial charge in [0.1, 0.15) is 6.04 Å². The van der Waals surface area contributed by atoms with E-state index in [0.717, 1.165) is 27.4 Å². The van der Waals surface area contributed by atoms with E-state index in [4.69, 9.17) is 0 Å². The highest BCUT2D eigenvalue weighted by molar-refractivity contribution is 7.98. The van der Waals surface area contributed by atoms with Crippen LogP contribution in [-0.4, -0.2) is 46.9 Å². The van der Waals surface area contributed by atoms with Gasteiger partial charge in [-0.1, -0.05) is 41.7 Å². The molecule has 1 aromatic carbocycles. The van der Waals surface area contributed by atoms with Crippen molar-refractivity contribution in [3.63, 3.8) is 0 Å². The van der Waals surface area contributed by atoms with Gasteiger partial charge < -0.3 is 9.88 Å². The van der Waals surface area contributed by atoms with E-state index in [1.54, 1.807) is 18.3 Å². The highest BCUT2D eigenvalue weighted by atomic mass is 32.2. The van der Waals surface area contributed by atoms with Gasteiger partial charge in [0.25, 0.3) is 0 Å². The lowest BCUT2D eigenvalue weighted by Crippen LogP contribution is -2.43. The van der Waals surface area contributed by atoms with Crippen LogP contribution in [0.1, 0.15) is 17.7 Å². The molecule has 0 aliphatic heterocycles. The first-order valence-corrected chi connectivity index (χ1v) is 13.5. The van der Waals surface area contributed by atoms with Crippen LogP contribution in [-0.2, 0) is 21.9 Å². The fourth-order valence-corrected chi connectivity index (χ4v) is 5.40. The Morgan fingerprint density at radius 3 is 2.72 bits per heavy atom. The molecule has 0 aliphatic carbocycles. The zero-order valence-corrected chi connectivity index (χ0v) is 20.4. The molecule has 3 rings (SSSR count). The number of thiazole rings is 1. The van der Waals surface area contributed by atoms with Crippen molar-refractivity contribution in [3.05, 3.63) is 59.4 Å². The zero-order valence-electron chi connectivity index (χ0n) is 18.0. The molecule has 0 spiro atoms. The molecule has 0 fully saturated rings. The van der Waals surface area contributed by atoms with Crippen molar-refractivity contribution in [2.45, 2.75) is 19.4 Å². The Morgan fingerprint density at radius 1 is 1.31 bits per heavy atom. The van der Waals surface area contributed by atoms with E-state index in [9.17, 15) is 13.2 Å². The molecule has 1 atom stereocenters. The predicted octanol–water partition coefficient (Wildman–Crippen LogP) is 3.50. The average molecular weight is 492 g/mol. The maximum absolute atomic E-state index is 12.9. The van der Waals surface area contributed by atoms with Gasteiger partial charge in [-0.3, -0.25) is 4.79 Å². The second-order valence-electron chi connectivity index (χ2n) is 6.99. The zero-order chi connectivity index (χ0) is 23.1. The standard InChI is InChI=1S/C21H25N5O3S3/c1-15-18(19-22-11-12-26(19)2)31-21(23-15)24-20(27)17(9-13-30-3)25-32(28,29)14-10-16-7-5-4-6-8-16/h4-8,10-12,14,17,25H,9,13H2,1-3H3,(H,23,24,27)/b14-10+. The molecule has 3 aromatic rings. The second-order valence-corrected chi connectivity index (χ2v) is 10.6. The summed E-state index contributed by atoms with van der Waals surface area (Å²) in [5.41, 5.74) is 1.50. The van der Waals surface area contributed by atoms with Gasteiger partial charge in [0.15, 0.2) is 11.0 Å². The Labute approximate surface area is 196 Å². The summed E-state index contributed by atoms with van der Waals surface area (Å²) < 4.78 is 29.5. The number of nitrogens with one attached hydrogen (secondary N) is 2. The maximum Gasteiger partial charge on any atom is 0.244 e. The molecular formula is C21H25N5O3S3. The van der Waals surface area contributed by atoms with E-state index in [0.29, 0.717) is 17.3 Å². The van der Waals surface area contributed by atoms with Crippen molar-refractivity contribution < 1.29 is 13.2 Å². The largest absolute Gasteiger partial charge is 0.333 e. The molecule has 8 nitrogen and oxygen atoms in total. The third kappa shape index (κ3) is 6.52. The van der Waals surface area contributed by atoms with Crippen LogP contribution in [0, 0.1) is 6.92 Å². The normalized spacial score (nSPS) is 12.8. The molecule has 170 valence electrons. The Morgan fingerprint density at radius 2 is 2.06 bits per heavy atom. The van der Waals surface area contributed by atoms with E-state index < -0.39 is 22.0 Å². The number of anilines is 1. The number of thioether (sulfide) groups is 1. The summed E-state index contributed by atoms with van der Waals surface area (Å²) in [5.74, 6) is 0.931. The van der Waals surface area contributed by atoms with Gasteiger partial charge >= 0.3 is 0 Å². The monoisotopic (exact) mass is 491 g/mol. The van der Waals surface area contributed by atoms with Crippen molar-refractivity contribution in [1.82, 2.24) is 19.3 Å². The van der Waals surface area contributed by atoms with Gasteiger partial charge in [-0.05, 0) is 37.0 Å². The Balaban J connectivity index is 1.73. The van der Waals surface area contributed by atoms with Gasteiger partial charge in [0.2, 0.25) is 15.9 Å². The number of carbonyl (C=O) groups excluding carboxylic acids is 1. The molecule has 0 aliphatic rings. The van der Waals surface area contributed by atoms with E-state index in [1.165, 1.54) is 29.2 Å². The number of benzene rings is 1. The topological polar surface area (TPSA) is 106 Å². The number of aromatic nitrogens is 3. The summed E-state index contributed by atoms with van der Waals surface area (Å²) in [4.78, 5) is 22.5. The molecule has 0 radical (unpaired) electrons. The number of imidazole rings is 1. The Hall–Kier alpha value is -2.47. The van der Waals surface area contributed by atoms with Crippen LogP contribution in [0.4, 0.5) is 5.13 Å². The van der Waals surface area contributed by atoms with Gasteiger partial charge in [-0.2, -0.15) is 16.5 Å². The summed E-state index contributed by atoms with van der Waals surface area (Å²) in [7, 11) is -1.94. The molecular weight excluding hydrogens is 466 g/mol. The van der Waals surface area contributed by atoms with Crippen LogP contribution in [0.3, 0.4) is 0 Å². The van der Waals surface area contributed by atoms with Crippen molar-refractivity contribution in [2.24, 2.45) is 7.05 Å². The molecule has 2 aromatic heterocycles. The number of aryl methyl sites for hydroxylation is 2. The molecule has 0 saturated heterocycles. The third-order valence-corrected chi connectivity index (χ3v) is 7.34. The quantitative estimate of drug-likeness (QED) is 0.450. The molecule has 2 heterocycles. The second kappa shape index (κ2) is 10.9. The molecule has 2 N–H and O–H groups in total. The molecule has 11 heteroatoms. The predicted molar refractivity (Wildman–Crippen MR) is 132 cm³/mol. The fourth-order valence-electron chi connectivity index (χ4n) is 2.88. The van der Waals surface area contributed by atoms with Gasteiger partial charge in [-0.15, -0.1) is 0 Å². The first-order chi connectivity index (χ1) is 15.3. The van der Waals surface area contributed by atoms with Crippen LogP contribution in [0.2, 0.25) is 0 Å². The molecule has 0 saturated carbocycles. The van der Waals surface area contributed by atoms with Crippen LogP contribution in [0.15, 0.2) is 48.1 Å². The van der Waals surface area contributed by atoms with Gasteiger partial charge in [0.05, 0.1) is 10.6 Å².